The van der Waals surface area contributed by atoms with Crippen molar-refractivity contribution in [3.63, 3.8) is 0 Å². The maximum absolute atomic E-state index is 12.7. The summed E-state index contributed by atoms with van der Waals surface area (Å²) in [7, 11) is 1.54. The van der Waals surface area contributed by atoms with Crippen molar-refractivity contribution in [2.75, 3.05) is 24.8 Å². The van der Waals surface area contributed by atoms with Gasteiger partial charge in [0.2, 0.25) is 0 Å². The molecule has 0 spiro atoms. The van der Waals surface area contributed by atoms with E-state index < -0.39 is 5.91 Å². The number of methoxy groups -OCH3 is 1. The average Bonchev–Trinajstić information content (AvgIpc) is 3.22. The number of hydrogen-bond donors (Lipinski definition) is 3. The molecule has 1 aliphatic rings. The number of primary amides is 1. The van der Waals surface area contributed by atoms with Crippen molar-refractivity contribution in [2.24, 2.45) is 5.73 Å². The molecule has 1 aliphatic heterocycles. The predicted octanol–water partition coefficient (Wildman–Crippen LogP) is 2.53. The van der Waals surface area contributed by atoms with Crippen LogP contribution in [0, 0.1) is 12.0 Å². The van der Waals surface area contributed by atoms with Gasteiger partial charge in [0.05, 0.1) is 13.2 Å². The maximum Gasteiger partial charge on any atom is 0.269 e. The van der Waals surface area contributed by atoms with Gasteiger partial charge in [-0.25, -0.2) is 14.6 Å². The molecule has 2 amide bonds. The van der Waals surface area contributed by atoms with Gasteiger partial charge < -0.3 is 26.5 Å². The van der Waals surface area contributed by atoms with Gasteiger partial charge in [-0.1, -0.05) is 18.1 Å². The van der Waals surface area contributed by atoms with Crippen molar-refractivity contribution in [1.29, 1.82) is 0 Å². The minimum absolute atomic E-state index is 0.104. The highest BCUT2D eigenvalue weighted by molar-refractivity contribution is 6.04. The molecule has 0 unspecified atom stereocenters. The number of carbonyl (C=O) groups is 2. The first-order valence-electron chi connectivity index (χ1n) is 11.2. The zero-order valence-corrected chi connectivity index (χ0v) is 19.6. The summed E-state index contributed by atoms with van der Waals surface area (Å²) in [5.74, 6) is 9.70. The van der Waals surface area contributed by atoms with E-state index in [1.165, 1.54) is 11.8 Å². The van der Waals surface area contributed by atoms with Crippen LogP contribution < -0.4 is 21.6 Å². The van der Waals surface area contributed by atoms with Crippen LogP contribution in [-0.2, 0) is 0 Å². The summed E-state index contributed by atoms with van der Waals surface area (Å²) in [6.07, 6.45) is 4.40. The number of piperidine rings is 1. The van der Waals surface area contributed by atoms with Gasteiger partial charge in [-0.05, 0) is 44.4 Å². The van der Waals surface area contributed by atoms with E-state index >= 15 is 0 Å². The molecule has 0 radical (unpaired) electrons. The van der Waals surface area contributed by atoms with Crippen LogP contribution in [0.5, 0.6) is 5.75 Å². The van der Waals surface area contributed by atoms with Crippen LogP contribution in [0.4, 0.5) is 5.82 Å². The van der Waals surface area contributed by atoms with E-state index in [1.807, 2.05) is 4.90 Å². The van der Waals surface area contributed by atoms with Crippen molar-refractivity contribution in [3.8, 4) is 29.0 Å². The molecule has 5 N–H and O–H groups in total. The lowest BCUT2D eigenvalue weighted by Crippen LogP contribution is -2.33. The second kappa shape index (κ2) is 10.2. The molecule has 1 atom stereocenters. The van der Waals surface area contributed by atoms with Gasteiger partial charge in [-0.3, -0.25) is 9.59 Å². The topological polar surface area (TPSA) is 141 Å². The van der Waals surface area contributed by atoms with E-state index in [4.69, 9.17) is 21.3 Å². The molecule has 0 saturated carbocycles. The number of benzene rings is 1. The molecular formula is C25H27N7O3. The number of nitrogens with two attached hydrogens (primary N) is 2. The Morgan fingerprint density at radius 1 is 1.20 bits per heavy atom. The molecule has 1 aromatic carbocycles. The van der Waals surface area contributed by atoms with Crippen molar-refractivity contribution in [1.82, 2.24) is 19.5 Å². The van der Waals surface area contributed by atoms with E-state index in [-0.39, 0.29) is 17.6 Å². The smallest absolute Gasteiger partial charge is 0.269 e. The Labute approximate surface area is 203 Å². The first-order valence-corrected chi connectivity index (χ1v) is 11.2. The number of aromatic nitrogens is 3. The molecule has 0 aliphatic carbocycles. The minimum Gasteiger partial charge on any atom is -0.497 e. The van der Waals surface area contributed by atoms with Crippen LogP contribution in [-0.4, -0.2) is 45.0 Å². The van der Waals surface area contributed by atoms with E-state index in [0.29, 0.717) is 34.2 Å². The van der Waals surface area contributed by atoms with Gasteiger partial charge >= 0.3 is 0 Å². The van der Waals surface area contributed by atoms with E-state index in [2.05, 4.69) is 22.3 Å². The number of carbonyl (C=O) groups excluding carboxylic acids is 2. The number of likely N-dealkylation sites (tertiary alicyclic amines) is 1. The molecule has 35 heavy (non-hydrogen) atoms. The Hall–Kier alpha value is -4.52. The second-order valence-corrected chi connectivity index (χ2v) is 8.08. The standard InChI is InChI=1S/C25H27N7O3/c1-3-13-31-14-5-4-6-19(31)24-30-21(22(23(26)33)32(24)27)16-7-9-17(10-8-16)25(34)29-20-15-18(35-2)11-12-28-20/h7-12,15,19H,4-6,14,27H2,1-2H3,(H2,26,33)(H,28,29,34)/t19-/m0/s1. The van der Waals surface area contributed by atoms with Gasteiger partial charge in [0.15, 0.2) is 11.5 Å². The molecule has 10 heteroatoms. The number of hydrogen-bond acceptors (Lipinski definition) is 7. The predicted molar refractivity (Wildman–Crippen MR) is 132 cm³/mol. The zero-order valence-electron chi connectivity index (χ0n) is 19.6. The molecule has 10 nitrogen and oxygen atoms in total. The summed E-state index contributed by atoms with van der Waals surface area (Å²) >= 11 is 0. The van der Waals surface area contributed by atoms with Crippen LogP contribution in [0.3, 0.4) is 0 Å². The highest BCUT2D eigenvalue weighted by Gasteiger charge is 2.30. The third-order valence-corrected chi connectivity index (χ3v) is 5.86. The summed E-state index contributed by atoms with van der Waals surface area (Å²) in [4.78, 5) is 35.8. The van der Waals surface area contributed by atoms with Crippen molar-refractivity contribution in [2.45, 2.75) is 32.2 Å². The normalized spacial score (nSPS) is 15.1. The second-order valence-electron chi connectivity index (χ2n) is 8.08. The fraction of sp³-hybridized carbons (Fsp3) is 0.280. The number of ether oxygens (including phenoxy) is 1. The number of pyridine rings is 1. The van der Waals surface area contributed by atoms with Crippen molar-refractivity contribution >= 4 is 17.6 Å². The van der Waals surface area contributed by atoms with Gasteiger partial charge in [0.1, 0.15) is 17.3 Å². The molecular weight excluding hydrogens is 446 g/mol. The van der Waals surface area contributed by atoms with Crippen LogP contribution in [0.25, 0.3) is 11.3 Å². The Bertz CT molecular complexity index is 1300. The number of nitrogens with zero attached hydrogens (tertiary/aromatic N) is 4. The molecule has 1 fully saturated rings. The maximum atomic E-state index is 12.7. The molecule has 180 valence electrons. The SMILES string of the molecule is CC#CN1CCCC[C@H]1c1nc(-c2ccc(C(=O)Nc3cc(OC)ccn3)cc2)c(C(N)=O)n1N. The number of nitrogens with one attached hydrogen (secondary N) is 1. The average molecular weight is 474 g/mol. The van der Waals surface area contributed by atoms with Crippen LogP contribution >= 0.6 is 0 Å². The van der Waals surface area contributed by atoms with Crippen LogP contribution in [0.2, 0.25) is 0 Å². The van der Waals surface area contributed by atoms with Crippen molar-refractivity contribution in [3.05, 3.63) is 59.7 Å². The lowest BCUT2D eigenvalue weighted by Gasteiger charge is -2.32. The highest BCUT2D eigenvalue weighted by Crippen LogP contribution is 2.33. The summed E-state index contributed by atoms with van der Waals surface area (Å²) in [5.41, 5.74) is 7.17. The fourth-order valence-corrected chi connectivity index (χ4v) is 4.17. The largest absolute Gasteiger partial charge is 0.497 e. The summed E-state index contributed by atoms with van der Waals surface area (Å²) in [5, 5.41) is 2.73. The molecule has 2 aromatic heterocycles. The molecule has 4 rings (SSSR count). The van der Waals surface area contributed by atoms with Gasteiger partial charge in [-0.2, -0.15) is 0 Å². The Balaban J connectivity index is 1.63. The number of imidazole rings is 1. The van der Waals surface area contributed by atoms with Gasteiger partial charge in [0, 0.05) is 36.0 Å². The quantitative estimate of drug-likeness (QED) is 0.369. The van der Waals surface area contributed by atoms with E-state index in [9.17, 15) is 9.59 Å². The Kier molecular flexibility index (Phi) is 6.87. The first-order chi connectivity index (χ1) is 16.9. The Morgan fingerprint density at radius 3 is 2.66 bits per heavy atom. The summed E-state index contributed by atoms with van der Waals surface area (Å²) < 4.78 is 6.43. The molecule has 3 heterocycles. The third-order valence-electron chi connectivity index (χ3n) is 5.86. The van der Waals surface area contributed by atoms with E-state index in [1.54, 1.807) is 49.5 Å². The minimum atomic E-state index is -0.684. The number of rotatable bonds is 6. The van der Waals surface area contributed by atoms with Crippen LogP contribution in [0.15, 0.2) is 42.6 Å². The number of amides is 2. The van der Waals surface area contributed by atoms with E-state index in [0.717, 1.165) is 25.8 Å². The zero-order chi connectivity index (χ0) is 24.9. The monoisotopic (exact) mass is 473 g/mol. The first kappa shape index (κ1) is 23.6. The molecule has 3 aromatic rings. The van der Waals surface area contributed by atoms with Crippen molar-refractivity contribution < 1.29 is 14.3 Å². The summed E-state index contributed by atoms with van der Waals surface area (Å²) in [6, 6.07) is 13.0. The summed E-state index contributed by atoms with van der Waals surface area (Å²) in [6.45, 7) is 2.58. The number of nitrogen functional groups attached to an aromatic ring is 1. The lowest BCUT2D eigenvalue weighted by atomic mass is 10.0. The van der Waals surface area contributed by atoms with Gasteiger partial charge in [-0.15, -0.1) is 0 Å². The Morgan fingerprint density at radius 2 is 1.97 bits per heavy atom. The highest BCUT2D eigenvalue weighted by atomic mass is 16.5. The van der Waals surface area contributed by atoms with Crippen LogP contribution in [0.1, 0.15) is 58.9 Å². The molecule has 1 saturated heterocycles. The third kappa shape index (κ3) is 4.89. The lowest BCUT2D eigenvalue weighted by molar-refractivity contribution is 0.0990. The van der Waals surface area contributed by atoms with Gasteiger partial charge in [0.25, 0.3) is 11.8 Å². The molecule has 0 bridgehead atoms. The fourth-order valence-electron chi connectivity index (χ4n) is 4.17. The number of anilines is 1.